The van der Waals surface area contributed by atoms with E-state index in [2.05, 4.69) is 25.3 Å². The van der Waals surface area contributed by atoms with Gasteiger partial charge >= 0.3 is 6.36 Å². The summed E-state index contributed by atoms with van der Waals surface area (Å²) in [6, 6.07) is 8.82. The summed E-state index contributed by atoms with van der Waals surface area (Å²) < 4.78 is 54.4. The van der Waals surface area contributed by atoms with E-state index in [0.717, 1.165) is 12.0 Å². The Morgan fingerprint density at radius 3 is 2.65 bits per heavy atom. The van der Waals surface area contributed by atoms with Gasteiger partial charge in [-0.15, -0.1) is 37.1 Å². The molecular weight excluding hydrogens is 529 g/mol. The molecule has 1 aromatic carbocycles. The number of halogens is 5. The smallest absolute Gasteiger partial charge is 0.406 e. The van der Waals surface area contributed by atoms with Gasteiger partial charge in [-0.2, -0.15) is 0 Å². The molecule has 170 valence electrons. The van der Waals surface area contributed by atoms with Crippen LogP contribution in [0.5, 0.6) is 5.75 Å². The standard InChI is InChI=1S/C20H23F4N5O.HI/c1-25-19(27-11-8-14-4-6-16(7-5-14)30-20(22,23)24)28-15-9-12-29(13-15)18-17(21)3-2-10-26-18;/h2-7,10,15H,8-9,11-13H2,1H3,(H2,25,27,28);1H. The molecule has 1 aromatic heterocycles. The highest BCUT2D eigenvalue weighted by Gasteiger charge is 2.31. The van der Waals surface area contributed by atoms with Crippen LogP contribution in [0.3, 0.4) is 0 Å². The van der Waals surface area contributed by atoms with Crippen LogP contribution in [0, 0.1) is 5.82 Å². The maximum absolute atomic E-state index is 13.9. The Balaban J connectivity index is 0.00000341. The molecule has 0 spiro atoms. The number of guanidine groups is 1. The molecule has 2 N–H and O–H groups in total. The predicted octanol–water partition coefficient (Wildman–Crippen LogP) is 3.72. The van der Waals surface area contributed by atoms with E-state index >= 15 is 0 Å². The molecule has 11 heteroatoms. The molecule has 3 rings (SSSR count). The van der Waals surface area contributed by atoms with Crippen LogP contribution in [-0.2, 0) is 6.42 Å². The Bertz CT molecular complexity index is 863. The lowest BCUT2D eigenvalue weighted by atomic mass is 10.1. The highest BCUT2D eigenvalue weighted by molar-refractivity contribution is 14.0. The van der Waals surface area contributed by atoms with Gasteiger partial charge in [-0.05, 0) is 42.7 Å². The van der Waals surface area contributed by atoms with Crippen molar-refractivity contribution in [1.82, 2.24) is 15.6 Å². The fraction of sp³-hybridized carbons (Fsp3) is 0.400. The van der Waals surface area contributed by atoms with Crippen LogP contribution < -0.4 is 20.3 Å². The summed E-state index contributed by atoms with van der Waals surface area (Å²) in [5, 5.41) is 6.49. The Labute approximate surface area is 195 Å². The van der Waals surface area contributed by atoms with Crippen molar-refractivity contribution in [2.75, 3.05) is 31.6 Å². The van der Waals surface area contributed by atoms with E-state index < -0.39 is 6.36 Å². The first-order valence-electron chi connectivity index (χ1n) is 9.51. The summed E-state index contributed by atoms with van der Waals surface area (Å²) in [5.41, 5.74) is 0.866. The summed E-state index contributed by atoms with van der Waals surface area (Å²) in [4.78, 5) is 10.2. The fourth-order valence-corrected chi connectivity index (χ4v) is 3.25. The summed E-state index contributed by atoms with van der Waals surface area (Å²) in [5.74, 6) is 0.377. The van der Waals surface area contributed by atoms with Crippen molar-refractivity contribution < 1.29 is 22.3 Å². The molecule has 0 saturated carbocycles. The quantitative estimate of drug-likeness (QED) is 0.247. The lowest BCUT2D eigenvalue weighted by Gasteiger charge is -2.20. The molecule has 2 aromatic rings. The number of rotatable bonds is 6. The lowest BCUT2D eigenvalue weighted by molar-refractivity contribution is -0.274. The van der Waals surface area contributed by atoms with Gasteiger partial charge in [-0.25, -0.2) is 9.37 Å². The number of pyridine rings is 1. The lowest BCUT2D eigenvalue weighted by Crippen LogP contribution is -2.45. The first-order chi connectivity index (χ1) is 14.3. The first kappa shape index (κ1) is 25.0. The molecule has 0 radical (unpaired) electrons. The number of aromatic nitrogens is 1. The first-order valence-corrected chi connectivity index (χ1v) is 9.51. The van der Waals surface area contributed by atoms with Gasteiger partial charge in [0.2, 0.25) is 0 Å². The van der Waals surface area contributed by atoms with Gasteiger partial charge in [0, 0.05) is 38.9 Å². The molecule has 2 heterocycles. The molecular formula is C20H24F4IN5O. The monoisotopic (exact) mass is 553 g/mol. The fourth-order valence-electron chi connectivity index (χ4n) is 3.25. The van der Waals surface area contributed by atoms with Crippen molar-refractivity contribution in [3.05, 3.63) is 54.0 Å². The molecule has 1 atom stereocenters. The second kappa shape index (κ2) is 11.3. The average Bonchev–Trinajstić information content (AvgIpc) is 3.16. The number of alkyl halides is 3. The van der Waals surface area contributed by atoms with E-state index in [1.807, 2.05) is 4.90 Å². The molecule has 1 saturated heterocycles. The van der Waals surface area contributed by atoms with E-state index in [4.69, 9.17) is 0 Å². The van der Waals surface area contributed by atoms with Gasteiger partial charge in [0.1, 0.15) is 5.75 Å². The molecule has 1 fully saturated rings. The van der Waals surface area contributed by atoms with Crippen molar-refractivity contribution in [2.24, 2.45) is 4.99 Å². The highest BCUT2D eigenvalue weighted by Crippen LogP contribution is 2.23. The van der Waals surface area contributed by atoms with Crippen molar-refractivity contribution in [3.63, 3.8) is 0 Å². The van der Waals surface area contributed by atoms with Gasteiger partial charge in [0.25, 0.3) is 0 Å². The van der Waals surface area contributed by atoms with Crippen molar-refractivity contribution >= 4 is 35.8 Å². The third-order valence-corrected chi connectivity index (χ3v) is 4.65. The topological polar surface area (TPSA) is 61.8 Å². The van der Waals surface area contributed by atoms with Crippen LogP contribution in [0.2, 0.25) is 0 Å². The van der Waals surface area contributed by atoms with Gasteiger partial charge in [-0.3, -0.25) is 4.99 Å². The maximum atomic E-state index is 13.9. The molecule has 0 bridgehead atoms. The highest BCUT2D eigenvalue weighted by atomic mass is 127. The van der Waals surface area contributed by atoms with Crippen LogP contribution in [0.4, 0.5) is 23.4 Å². The van der Waals surface area contributed by atoms with Gasteiger partial charge in [0.15, 0.2) is 17.6 Å². The maximum Gasteiger partial charge on any atom is 0.573 e. The van der Waals surface area contributed by atoms with Crippen LogP contribution in [0.1, 0.15) is 12.0 Å². The SMILES string of the molecule is CN=C(NCCc1ccc(OC(F)(F)F)cc1)NC1CCN(c2ncccc2F)C1.I. The number of aliphatic imine (C=N–C) groups is 1. The van der Waals surface area contributed by atoms with E-state index in [0.29, 0.717) is 37.8 Å². The summed E-state index contributed by atoms with van der Waals surface area (Å²) >= 11 is 0. The Hall–Kier alpha value is -2.31. The summed E-state index contributed by atoms with van der Waals surface area (Å²) in [6.45, 7) is 1.84. The summed E-state index contributed by atoms with van der Waals surface area (Å²) in [6.07, 6.45) is -1.71. The Morgan fingerprint density at radius 2 is 2.00 bits per heavy atom. The minimum absolute atomic E-state index is 0. The number of nitrogens with zero attached hydrogens (tertiary/aromatic N) is 3. The minimum Gasteiger partial charge on any atom is -0.406 e. The molecule has 1 aliphatic rings. The van der Waals surface area contributed by atoms with Crippen molar-refractivity contribution in [2.45, 2.75) is 25.2 Å². The molecule has 1 unspecified atom stereocenters. The number of ether oxygens (including phenoxy) is 1. The van der Waals surface area contributed by atoms with E-state index in [-0.39, 0.29) is 41.6 Å². The van der Waals surface area contributed by atoms with Gasteiger partial charge in [0.05, 0.1) is 0 Å². The van der Waals surface area contributed by atoms with E-state index in [1.165, 1.54) is 18.2 Å². The summed E-state index contributed by atoms with van der Waals surface area (Å²) in [7, 11) is 1.66. The van der Waals surface area contributed by atoms with Crippen molar-refractivity contribution in [1.29, 1.82) is 0 Å². The second-order valence-electron chi connectivity index (χ2n) is 6.83. The number of hydrogen-bond donors (Lipinski definition) is 2. The zero-order valence-electron chi connectivity index (χ0n) is 16.8. The minimum atomic E-state index is -4.70. The van der Waals surface area contributed by atoms with E-state index in [9.17, 15) is 17.6 Å². The number of hydrogen-bond acceptors (Lipinski definition) is 4. The molecule has 1 aliphatic heterocycles. The third-order valence-electron chi connectivity index (χ3n) is 4.65. The number of anilines is 1. The molecule has 0 aliphatic carbocycles. The van der Waals surface area contributed by atoms with Crippen LogP contribution in [0.25, 0.3) is 0 Å². The number of benzene rings is 1. The zero-order valence-corrected chi connectivity index (χ0v) is 19.2. The second-order valence-corrected chi connectivity index (χ2v) is 6.83. The Kier molecular flexibility index (Phi) is 9.14. The van der Waals surface area contributed by atoms with E-state index in [1.54, 1.807) is 31.4 Å². The molecule has 31 heavy (non-hydrogen) atoms. The number of nitrogens with one attached hydrogen (secondary N) is 2. The van der Waals surface area contributed by atoms with Crippen LogP contribution in [0.15, 0.2) is 47.6 Å². The zero-order chi connectivity index (χ0) is 21.6. The van der Waals surface area contributed by atoms with Gasteiger partial charge < -0.3 is 20.3 Å². The van der Waals surface area contributed by atoms with Crippen molar-refractivity contribution in [3.8, 4) is 5.75 Å². The third kappa shape index (κ3) is 7.71. The van der Waals surface area contributed by atoms with Crippen LogP contribution >= 0.6 is 24.0 Å². The van der Waals surface area contributed by atoms with Gasteiger partial charge in [-0.1, -0.05) is 12.1 Å². The predicted molar refractivity (Wildman–Crippen MR) is 122 cm³/mol. The normalized spacial score (nSPS) is 16.6. The Morgan fingerprint density at radius 1 is 1.26 bits per heavy atom. The molecule has 0 amide bonds. The average molecular weight is 553 g/mol. The molecule has 6 nitrogen and oxygen atoms in total. The van der Waals surface area contributed by atoms with Crippen LogP contribution in [-0.4, -0.2) is 50.0 Å². The largest absolute Gasteiger partial charge is 0.573 e.